The maximum Gasteiger partial charge on any atom is 0.0594 e. The molecule has 0 aliphatic carbocycles. The summed E-state index contributed by atoms with van der Waals surface area (Å²) in [4.78, 5) is 3.92. The number of morpholine rings is 1. The lowest BCUT2D eigenvalue weighted by atomic mass is 10.2. The Morgan fingerprint density at radius 2 is 2.29 bits per heavy atom. The van der Waals surface area contributed by atoms with Gasteiger partial charge in [0.2, 0.25) is 0 Å². The van der Waals surface area contributed by atoms with Crippen molar-refractivity contribution in [3.05, 3.63) is 22.4 Å². The van der Waals surface area contributed by atoms with E-state index >= 15 is 0 Å². The topological polar surface area (TPSA) is 24.5 Å². The standard InChI is InChI=1S/C13H22N2OS/c1-2-12(13-4-3-11-17-13)14-5-6-15-7-9-16-10-8-15/h3-4,11-12,14H,2,5-10H2,1H3. The molecule has 1 aliphatic heterocycles. The number of thiophene rings is 1. The first kappa shape index (κ1) is 13.0. The van der Waals surface area contributed by atoms with E-state index in [0.29, 0.717) is 6.04 Å². The van der Waals surface area contributed by atoms with E-state index < -0.39 is 0 Å². The van der Waals surface area contributed by atoms with Crippen LogP contribution < -0.4 is 5.32 Å². The number of nitrogens with one attached hydrogen (secondary N) is 1. The smallest absolute Gasteiger partial charge is 0.0594 e. The van der Waals surface area contributed by atoms with Crippen LogP contribution in [0.4, 0.5) is 0 Å². The van der Waals surface area contributed by atoms with Crippen LogP contribution in [-0.2, 0) is 4.74 Å². The fourth-order valence-electron chi connectivity index (χ4n) is 2.16. The molecule has 0 bridgehead atoms. The Labute approximate surface area is 108 Å². The van der Waals surface area contributed by atoms with E-state index in [9.17, 15) is 0 Å². The lowest BCUT2D eigenvalue weighted by Crippen LogP contribution is -2.40. The van der Waals surface area contributed by atoms with E-state index in [0.717, 1.165) is 45.8 Å². The monoisotopic (exact) mass is 254 g/mol. The minimum atomic E-state index is 0.524. The van der Waals surface area contributed by atoms with Gasteiger partial charge >= 0.3 is 0 Å². The van der Waals surface area contributed by atoms with E-state index in [4.69, 9.17) is 4.74 Å². The Morgan fingerprint density at radius 3 is 2.94 bits per heavy atom. The molecule has 4 heteroatoms. The average Bonchev–Trinajstić information content (AvgIpc) is 2.90. The van der Waals surface area contributed by atoms with Crippen molar-refractivity contribution in [1.82, 2.24) is 10.2 Å². The SMILES string of the molecule is CCC(NCCN1CCOCC1)c1cccs1. The number of ether oxygens (including phenoxy) is 1. The van der Waals surface area contributed by atoms with Gasteiger partial charge < -0.3 is 10.1 Å². The van der Waals surface area contributed by atoms with Crippen LogP contribution in [0.15, 0.2) is 17.5 Å². The van der Waals surface area contributed by atoms with E-state index in [1.54, 1.807) is 0 Å². The molecular weight excluding hydrogens is 232 g/mol. The lowest BCUT2D eigenvalue weighted by Gasteiger charge is -2.27. The quantitative estimate of drug-likeness (QED) is 0.841. The summed E-state index contributed by atoms with van der Waals surface area (Å²) in [6, 6.07) is 4.88. The number of hydrogen-bond donors (Lipinski definition) is 1. The second-order valence-corrected chi connectivity index (χ2v) is 5.36. The molecule has 1 aromatic rings. The number of nitrogens with zero attached hydrogens (tertiary/aromatic N) is 1. The van der Waals surface area contributed by atoms with Crippen LogP contribution in [0.25, 0.3) is 0 Å². The predicted octanol–water partition coefficient (Wildman–Crippen LogP) is 2.12. The van der Waals surface area contributed by atoms with Gasteiger partial charge in [0.25, 0.3) is 0 Å². The molecule has 3 nitrogen and oxygen atoms in total. The van der Waals surface area contributed by atoms with Crippen LogP contribution in [-0.4, -0.2) is 44.3 Å². The number of hydrogen-bond acceptors (Lipinski definition) is 4. The Bertz CT molecular complexity index is 296. The van der Waals surface area contributed by atoms with Crippen molar-refractivity contribution < 1.29 is 4.74 Å². The summed E-state index contributed by atoms with van der Waals surface area (Å²) in [5.74, 6) is 0. The lowest BCUT2D eigenvalue weighted by molar-refractivity contribution is 0.0381. The first-order valence-corrected chi connectivity index (χ1v) is 7.35. The summed E-state index contributed by atoms with van der Waals surface area (Å²) < 4.78 is 5.35. The molecule has 0 spiro atoms. The van der Waals surface area contributed by atoms with Crippen molar-refractivity contribution in [2.45, 2.75) is 19.4 Å². The van der Waals surface area contributed by atoms with Gasteiger partial charge in [-0.1, -0.05) is 13.0 Å². The second kappa shape index (κ2) is 7.11. The molecule has 1 aliphatic rings. The van der Waals surface area contributed by atoms with E-state index in [-0.39, 0.29) is 0 Å². The molecule has 17 heavy (non-hydrogen) atoms. The van der Waals surface area contributed by atoms with Crippen molar-refractivity contribution in [2.75, 3.05) is 39.4 Å². The van der Waals surface area contributed by atoms with Gasteiger partial charge in [-0.3, -0.25) is 4.90 Å². The molecule has 1 saturated heterocycles. The zero-order valence-corrected chi connectivity index (χ0v) is 11.3. The zero-order chi connectivity index (χ0) is 11.9. The largest absolute Gasteiger partial charge is 0.379 e. The third kappa shape index (κ3) is 4.07. The Hall–Kier alpha value is -0.420. The van der Waals surface area contributed by atoms with Gasteiger partial charge in [0.15, 0.2) is 0 Å². The van der Waals surface area contributed by atoms with E-state index in [1.807, 2.05) is 11.3 Å². The van der Waals surface area contributed by atoms with Crippen LogP contribution in [0, 0.1) is 0 Å². The normalized spacial score (nSPS) is 19.4. The van der Waals surface area contributed by atoms with E-state index in [1.165, 1.54) is 4.88 Å². The Kier molecular flexibility index (Phi) is 5.45. The van der Waals surface area contributed by atoms with Crippen LogP contribution in [0.2, 0.25) is 0 Å². The predicted molar refractivity (Wildman–Crippen MR) is 72.6 cm³/mol. The highest BCUT2D eigenvalue weighted by Gasteiger charge is 2.12. The molecule has 0 aromatic carbocycles. The molecule has 0 radical (unpaired) electrons. The van der Waals surface area contributed by atoms with Gasteiger partial charge in [0, 0.05) is 37.1 Å². The summed E-state index contributed by atoms with van der Waals surface area (Å²) in [7, 11) is 0. The second-order valence-electron chi connectivity index (χ2n) is 4.38. The summed E-state index contributed by atoms with van der Waals surface area (Å²) >= 11 is 1.85. The summed E-state index contributed by atoms with van der Waals surface area (Å²) in [5, 5.41) is 5.80. The molecular formula is C13H22N2OS. The van der Waals surface area contributed by atoms with Crippen molar-refractivity contribution in [2.24, 2.45) is 0 Å². The van der Waals surface area contributed by atoms with Gasteiger partial charge in [0.1, 0.15) is 0 Å². The molecule has 1 fully saturated rings. The first-order valence-electron chi connectivity index (χ1n) is 6.47. The molecule has 1 N–H and O–H groups in total. The van der Waals surface area contributed by atoms with Crippen LogP contribution in [0.1, 0.15) is 24.3 Å². The van der Waals surface area contributed by atoms with Crippen LogP contribution in [0.3, 0.4) is 0 Å². The zero-order valence-electron chi connectivity index (χ0n) is 10.5. The van der Waals surface area contributed by atoms with Gasteiger partial charge in [0.05, 0.1) is 13.2 Å². The average molecular weight is 254 g/mol. The van der Waals surface area contributed by atoms with Gasteiger partial charge in [-0.15, -0.1) is 11.3 Å². The third-order valence-electron chi connectivity index (χ3n) is 3.22. The summed E-state index contributed by atoms with van der Waals surface area (Å²) in [5.41, 5.74) is 0. The molecule has 0 saturated carbocycles. The van der Waals surface area contributed by atoms with Crippen LogP contribution >= 0.6 is 11.3 Å². The summed E-state index contributed by atoms with van der Waals surface area (Å²) in [6.45, 7) is 8.38. The maximum absolute atomic E-state index is 5.35. The Morgan fingerprint density at radius 1 is 1.47 bits per heavy atom. The van der Waals surface area contributed by atoms with Crippen molar-refractivity contribution in [1.29, 1.82) is 0 Å². The molecule has 2 rings (SSSR count). The maximum atomic E-state index is 5.35. The van der Waals surface area contributed by atoms with Crippen molar-refractivity contribution in [3.8, 4) is 0 Å². The first-order chi connectivity index (χ1) is 8.40. The fraction of sp³-hybridized carbons (Fsp3) is 0.692. The molecule has 1 atom stereocenters. The summed E-state index contributed by atoms with van der Waals surface area (Å²) in [6.07, 6.45) is 1.16. The van der Waals surface area contributed by atoms with Crippen molar-refractivity contribution >= 4 is 11.3 Å². The van der Waals surface area contributed by atoms with Gasteiger partial charge in [-0.05, 0) is 17.9 Å². The Balaban J connectivity index is 1.69. The minimum absolute atomic E-state index is 0.524. The molecule has 2 heterocycles. The third-order valence-corrected chi connectivity index (χ3v) is 4.20. The van der Waals surface area contributed by atoms with Crippen LogP contribution in [0.5, 0.6) is 0 Å². The van der Waals surface area contributed by atoms with E-state index in [2.05, 4.69) is 34.7 Å². The highest BCUT2D eigenvalue weighted by atomic mass is 32.1. The van der Waals surface area contributed by atoms with Gasteiger partial charge in [-0.2, -0.15) is 0 Å². The molecule has 1 aromatic heterocycles. The molecule has 96 valence electrons. The highest BCUT2D eigenvalue weighted by molar-refractivity contribution is 7.10. The molecule has 0 amide bonds. The molecule has 1 unspecified atom stereocenters. The highest BCUT2D eigenvalue weighted by Crippen LogP contribution is 2.21. The van der Waals surface area contributed by atoms with Crippen molar-refractivity contribution in [3.63, 3.8) is 0 Å². The van der Waals surface area contributed by atoms with Gasteiger partial charge in [-0.25, -0.2) is 0 Å². The number of rotatable bonds is 6. The minimum Gasteiger partial charge on any atom is -0.379 e. The fourth-order valence-corrected chi connectivity index (χ4v) is 3.04.